The second-order valence-corrected chi connectivity index (χ2v) is 4.79. The molecular weight excluding hydrogens is 242 g/mol. The van der Waals surface area contributed by atoms with E-state index < -0.39 is 5.41 Å². The van der Waals surface area contributed by atoms with Crippen molar-refractivity contribution in [1.29, 1.82) is 5.26 Å². The maximum atomic E-state index is 12.3. The molecule has 3 N–H and O–H groups in total. The number of para-hydroxylation sites is 1. The van der Waals surface area contributed by atoms with Gasteiger partial charge in [-0.15, -0.1) is 0 Å². The number of nitrogens with two attached hydrogens (primary N) is 1. The van der Waals surface area contributed by atoms with Crippen molar-refractivity contribution < 1.29 is 9.53 Å². The molecule has 0 heterocycles. The van der Waals surface area contributed by atoms with Crippen molar-refractivity contribution in [3.63, 3.8) is 0 Å². The molecule has 1 aromatic carbocycles. The summed E-state index contributed by atoms with van der Waals surface area (Å²) >= 11 is 0. The third-order valence-electron chi connectivity index (χ3n) is 3.79. The van der Waals surface area contributed by atoms with E-state index in [0.29, 0.717) is 23.5 Å². The number of anilines is 1. The fourth-order valence-corrected chi connectivity index (χ4v) is 2.30. The van der Waals surface area contributed by atoms with Crippen LogP contribution in [0.25, 0.3) is 0 Å². The van der Waals surface area contributed by atoms with Gasteiger partial charge in [0, 0.05) is 6.54 Å². The predicted molar refractivity (Wildman–Crippen MR) is 71.7 cm³/mol. The molecule has 1 aromatic rings. The van der Waals surface area contributed by atoms with Crippen LogP contribution in [0.5, 0.6) is 5.75 Å². The van der Waals surface area contributed by atoms with Crippen LogP contribution in [0.3, 0.4) is 0 Å². The smallest absolute Gasteiger partial charge is 0.232 e. The van der Waals surface area contributed by atoms with Gasteiger partial charge in [0.15, 0.2) is 0 Å². The first-order valence-electron chi connectivity index (χ1n) is 6.25. The average Bonchev–Trinajstić information content (AvgIpc) is 2.38. The van der Waals surface area contributed by atoms with E-state index in [-0.39, 0.29) is 5.91 Å². The Balaban J connectivity index is 2.28. The molecule has 2 rings (SSSR count). The molecule has 5 nitrogen and oxygen atoms in total. The fraction of sp³-hybridized carbons (Fsp3) is 0.429. The molecule has 19 heavy (non-hydrogen) atoms. The number of carbonyl (C=O) groups excluding carboxylic acids is 1. The second kappa shape index (κ2) is 5.29. The molecule has 1 aliphatic rings. The van der Waals surface area contributed by atoms with Crippen LogP contribution in [0.2, 0.25) is 0 Å². The van der Waals surface area contributed by atoms with Crippen molar-refractivity contribution in [1.82, 2.24) is 0 Å². The van der Waals surface area contributed by atoms with Crippen LogP contribution in [0.4, 0.5) is 5.69 Å². The lowest BCUT2D eigenvalue weighted by Gasteiger charge is -2.39. The highest BCUT2D eigenvalue weighted by atomic mass is 16.5. The molecule has 5 heteroatoms. The third kappa shape index (κ3) is 2.27. The summed E-state index contributed by atoms with van der Waals surface area (Å²) in [6.45, 7) is 0.329. The van der Waals surface area contributed by atoms with Gasteiger partial charge >= 0.3 is 0 Å². The highest BCUT2D eigenvalue weighted by molar-refractivity contribution is 5.98. The third-order valence-corrected chi connectivity index (χ3v) is 3.79. The first-order valence-corrected chi connectivity index (χ1v) is 6.25. The number of benzene rings is 1. The lowest BCUT2D eigenvalue weighted by atomic mass is 9.68. The Morgan fingerprint density at radius 3 is 2.79 bits per heavy atom. The second-order valence-electron chi connectivity index (χ2n) is 4.79. The van der Waals surface area contributed by atoms with Crippen molar-refractivity contribution in [2.45, 2.75) is 19.3 Å². The molecule has 0 aliphatic heterocycles. The summed E-state index contributed by atoms with van der Waals surface area (Å²) in [5.41, 5.74) is 6.04. The van der Waals surface area contributed by atoms with Crippen LogP contribution in [-0.4, -0.2) is 19.6 Å². The summed E-state index contributed by atoms with van der Waals surface area (Å²) in [6, 6.07) is 7.13. The van der Waals surface area contributed by atoms with Gasteiger partial charge in [-0.1, -0.05) is 12.5 Å². The summed E-state index contributed by atoms with van der Waals surface area (Å²) in [6.07, 6.45) is 2.61. The Morgan fingerprint density at radius 1 is 1.58 bits per heavy atom. The number of rotatable bonds is 4. The van der Waals surface area contributed by atoms with Gasteiger partial charge in [0.25, 0.3) is 0 Å². The van der Waals surface area contributed by atoms with Crippen LogP contribution in [-0.2, 0) is 4.79 Å². The normalized spacial score (nSPS) is 16.1. The summed E-state index contributed by atoms with van der Waals surface area (Å²) in [5, 5.41) is 11.9. The van der Waals surface area contributed by atoms with E-state index in [1.807, 2.05) is 0 Å². The van der Waals surface area contributed by atoms with E-state index in [0.717, 1.165) is 19.3 Å². The van der Waals surface area contributed by atoms with E-state index in [2.05, 4.69) is 11.4 Å². The number of nitrogens with one attached hydrogen (secondary N) is 1. The number of ether oxygens (including phenoxy) is 1. The Morgan fingerprint density at radius 2 is 2.32 bits per heavy atom. The molecule has 0 aromatic heterocycles. The average molecular weight is 259 g/mol. The predicted octanol–water partition coefficient (Wildman–Crippen LogP) is 1.63. The van der Waals surface area contributed by atoms with Crippen molar-refractivity contribution in [2.75, 3.05) is 19.0 Å². The molecule has 100 valence electrons. The van der Waals surface area contributed by atoms with E-state index in [1.165, 1.54) is 7.11 Å². The van der Waals surface area contributed by atoms with Crippen molar-refractivity contribution >= 4 is 11.6 Å². The number of amides is 1. The lowest BCUT2D eigenvalue weighted by molar-refractivity contribution is -0.129. The zero-order valence-electron chi connectivity index (χ0n) is 10.9. The lowest BCUT2D eigenvalue weighted by Crippen LogP contribution is -2.47. The van der Waals surface area contributed by atoms with Gasteiger partial charge < -0.3 is 15.8 Å². The van der Waals surface area contributed by atoms with E-state index in [1.54, 1.807) is 18.2 Å². The minimum absolute atomic E-state index is 0.123. The largest absolute Gasteiger partial charge is 0.495 e. The fourth-order valence-electron chi connectivity index (χ4n) is 2.30. The maximum Gasteiger partial charge on any atom is 0.232 e. The SMILES string of the molecule is COc1cccc(C#N)c1NC(=O)C1(CN)CCC1. The maximum absolute atomic E-state index is 12.3. The molecule has 0 saturated heterocycles. The zero-order chi connectivity index (χ0) is 13.9. The highest BCUT2D eigenvalue weighted by Gasteiger charge is 2.43. The van der Waals surface area contributed by atoms with Gasteiger partial charge in [0.05, 0.1) is 18.1 Å². The number of hydrogen-bond acceptors (Lipinski definition) is 4. The standard InChI is InChI=1S/C14H17N3O2/c1-19-11-5-2-4-10(8-15)12(11)17-13(18)14(9-16)6-3-7-14/h2,4-5H,3,6-7,9,16H2,1H3,(H,17,18). The first kappa shape index (κ1) is 13.4. The van der Waals surface area contributed by atoms with E-state index >= 15 is 0 Å². The first-order chi connectivity index (χ1) is 9.16. The number of methoxy groups -OCH3 is 1. The molecule has 0 radical (unpaired) electrons. The summed E-state index contributed by atoms with van der Waals surface area (Å²) in [4.78, 5) is 12.3. The minimum Gasteiger partial charge on any atom is -0.495 e. The molecular formula is C14H17N3O2. The Labute approximate surface area is 112 Å². The highest BCUT2D eigenvalue weighted by Crippen LogP contribution is 2.41. The quantitative estimate of drug-likeness (QED) is 0.860. The minimum atomic E-state index is -0.479. The van der Waals surface area contributed by atoms with Crippen LogP contribution >= 0.6 is 0 Å². The van der Waals surface area contributed by atoms with Crippen molar-refractivity contribution in [3.05, 3.63) is 23.8 Å². The summed E-state index contributed by atoms with van der Waals surface area (Å²) in [7, 11) is 1.51. The van der Waals surface area contributed by atoms with Crippen LogP contribution in [0.1, 0.15) is 24.8 Å². The Kier molecular flexibility index (Phi) is 3.72. The molecule has 0 bridgehead atoms. The van der Waals surface area contributed by atoms with Gasteiger partial charge in [-0.2, -0.15) is 5.26 Å². The molecule has 1 amide bonds. The van der Waals surface area contributed by atoms with Gasteiger partial charge in [-0.05, 0) is 25.0 Å². The van der Waals surface area contributed by atoms with Gasteiger partial charge in [-0.25, -0.2) is 0 Å². The molecule has 1 saturated carbocycles. The Hall–Kier alpha value is -2.06. The van der Waals surface area contributed by atoms with Gasteiger partial charge in [0.1, 0.15) is 17.5 Å². The molecule has 0 unspecified atom stereocenters. The number of hydrogen-bond donors (Lipinski definition) is 2. The van der Waals surface area contributed by atoms with E-state index in [9.17, 15) is 4.79 Å². The molecule has 0 atom stereocenters. The number of nitrogens with zero attached hydrogens (tertiary/aromatic N) is 1. The molecule has 0 spiro atoms. The topological polar surface area (TPSA) is 88.1 Å². The summed E-state index contributed by atoms with van der Waals surface area (Å²) < 4.78 is 5.19. The Bertz CT molecular complexity index is 524. The number of carbonyl (C=O) groups is 1. The van der Waals surface area contributed by atoms with Crippen LogP contribution < -0.4 is 15.8 Å². The monoisotopic (exact) mass is 259 g/mol. The molecule has 1 aliphatic carbocycles. The van der Waals surface area contributed by atoms with Crippen LogP contribution in [0, 0.1) is 16.7 Å². The van der Waals surface area contributed by atoms with Crippen LogP contribution in [0.15, 0.2) is 18.2 Å². The van der Waals surface area contributed by atoms with Crippen molar-refractivity contribution in [3.8, 4) is 11.8 Å². The zero-order valence-corrected chi connectivity index (χ0v) is 10.9. The van der Waals surface area contributed by atoms with Gasteiger partial charge in [0.2, 0.25) is 5.91 Å². The molecule has 1 fully saturated rings. The number of nitriles is 1. The van der Waals surface area contributed by atoms with Gasteiger partial charge in [-0.3, -0.25) is 4.79 Å². The summed E-state index contributed by atoms with van der Waals surface area (Å²) in [5.74, 6) is 0.362. The van der Waals surface area contributed by atoms with E-state index in [4.69, 9.17) is 15.7 Å². The van der Waals surface area contributed by atoms with Crippen molar-refractivity contribution in [2.24, 2.45) is 11.1 Å².